The zero-order chi connectivity index (χ0) is 36.0. The number of para-hydroxylation sites is 1. The Morgan fingerprint density at radius 1 is 0.389 bits per heavy atom. The minimum absolute atomic E-state index is 0.811. The van der Waals surface area contributed by atoms with Crippen molar-refractivity contribution in [3.63, 3.8) is 0 Å². The highest BCUT2D eigenvalue weighted by Gasteiger charge is 2.18. The molecule has 0 fully saturated rings. The second-order valence-corrected chi connectivity index (χ2v) is 13.8. The van der Waals surface area contributed by atoms with Crippen LogP contribution in [-0.4, -0.2) is 0 Å². The van der Waals surface area contributed by atoms with E-state index in [0.29, 0.717) is 0 Å². The Bertz CT molecular complexity index is 2930. The number of ether oxygens (including phenoxy) is 1. The van der Waals surface area contributed by atoms with Crippen LogP contribution in [0, 0.1) is 0 Å². The lowest BCUT2D eigenvalue weighted by Gasteiger charge is -2.27. The molecule has 0 bridgehead atoms. The number of nitrogens with zero attached hydrogens (tertiary/aromatic N) is 1. The largest absolute Gasteiger partial charge is 0.464 e. The van der Waals surface area contributed by atoms with E-state index in [4.69, 9.17) is 4.74 Å². The van der Waals surface area contributed by atoms with E-state index in [2.05, 4.69) is 187 Å². The average Bonchev–Trinajstić information content (AvgIpc) is 3.23. The van der Waals surface area contributed by atoms with E-state index in [1.54, 1.807) is 6.26 Å². The Hall–Kier alpha value is -7.16. The summed E-state index contributed by atoms with van der Waals surface area (Å²) < 4.78 is 6.18. The molecule has 9 aromatic carbocycles. The molecule has 9 aromatic rings. The van der Waals surface area contributed by atoms with E-state index < -0.39 is 0 Å². The molecule has 0 aromatic heterocycles. The van der Waals surface area contributed by atoms with Gasteiger partial charge in [-0.2, -0.15) is 0 Å². The SMILES string of the molecule is C=C1/C=C\C=C/Oc2c1cccc2-c1ccc(N(c2ccc(-c3ccc4ccccc4c3)cc2)c2ccc3c4ccccc4c4ccccc4c3c2)cc1. The second-order valence-electron chi connectivity index (χ2n) is 13.8. The van der Waals surface area contributed by atoms with Gasteiger partial charge in [0.15, 0.2) is 0 Å². The highest BCUT2D eigenvalue weighted by molar-refractivity contribution is 6.25. The maximum Gasteiger partial charge on any atom is 0.142 e. The molecule has 10 rings (SSSR count). The smallest absolute Gasteiger partial charge is 0.142 e. The summed E-state index contributed by atoms with van der Waals surface area (Å²) in [6, 6.07) is 63.6. The standard InChI is InChI=1S/C52H35NO/c1-35-11-8-9-32-54-52-44(35)18-10-19-45(52)38-24-28-42(29-25-38)53(41-26-22-37(23-27-41)40-21-20-36-12-2-3-13-39(36)33-40)43-30-31-50-48-16-5-4-14-46(48)47-15-6-7-17-49(47)51(50)34-43/h2-34H,1H2/b11-8-,32-9-. The molecule has 0 saturated carbocycles. The molecule has 0 unspecified atom stereocenters. The van der Waals surface area contributed by atoms with Crippen molar-refractivity contribution < 1.29 is 4.74 Å². The van der Waals surface area contributed by atoms with Crippen molar-refractivity contribution in [3.8, 4) is 28.0 Å². The van der Waals surface area contributed by atoms with Crippen LogP contribution in [0.3, 0.4) is 0 Å². The molecular formula is C52H35NO. The third-order valence-corrected chi connectivity index (χ3v) is 10.7. The molecule has 1 aliphatic rings. The van der Waals surface area contributed by atoms with Gasteiger partial charge in [-0.05, 0) is 114 Å². The zero-order valence-corrected chi connectivity index (χ0v) is 29.6. The van der Waals surface area contributed by atoms with Crippen LogP contribution in [-0.2, 0) is 0 Å². The molecular weight excluding hydrogens is 655 g/mol. The highest BCUT2D eigenvalue weighted by atomic mass is 16.5. The van der Waals surface area contributed by atoms with Gasteiger partial charge in [0.25, 0.3) is 0 Å². The number of hydrogen-bond acceptors (Lipinski definition) is 2. The molecule has 0 radical (unpaired) electrons. The number of fused-ring (bicyclic) bond motifs is 8. The number of allylic oxidation sites excluding steroid dienone is 4. The molecule has 0 amide bonds. The van der Waals surface area contributed by atoms with Crippen molar-refractivity contribution in [2.24, 2.45) is 0 Å². The van der Waals surface area contributed by atoms with Gasteiger partial charge in [0.2, 0.25) is 0 Å². The molecule has 1 heterocycles. The fraction of sp³-hybridized carbons (Fsp3) is 0. The van der Waals surface area contributed by atoms with Gasteiger partial charge in [0.05, 0.1) is 6.26 Å². The summed E-state index contributed by atoms with van der Waals surface area (Å²) in [5.74, 6) is 0.811. The zero-order valence-electron chi connectivity index (χ0n) is 29.6. The Balaban J connectivity index is 1.12. The number of anilines is 3. The molecule has 54 heavy (non-hydrogen) atoms. The lowest BCUT2D eigenvalue weighted by molar-refractivity contribution is 0.481. The van der Waals surface area contributed by atoms with Crippen molar-refractivity contribution in [3.05, 3.63) is 213 Å². The van der Waals surface area contributed by atoms with Crippen molar-refractivity contribution in [2.45, 2.75) is 0 Å². The first-order valence-electron chi connectivity index (χ1n) is 18.3. The van der Waals surface area contributed by atoms with Gasteiger partial charge in [0, 0.05) is 28.2 Å². The molecule has 0 atom stereocenters. The van der Waals surface area contributed by atoms with Crippen LogP contribution in [0.5, 0.6) is 5.75 Å². The predicted molar refractivity (Wildman–Crippen MR) is 230 cm³/mol. The van der Waals surface area contributed by atoms with E-state index in [-0.39, 0.29) is 0 Å². The summed E-state index contributed by atoms with van der Waals surface area (Å²) >= 11 is 0. The predicted octanol–water partition coefficient (Wildman–Crippen LogP) is 14.6. The summed E-state index contributed by atoms with van der Waals surface area (Å²) in [5, 5.41) is 10.0. The van der Waals surface area contributed by atoms with Gasteiger partial charge in [0.1, 0.15) is 5.75 Å². The third kappa shape index (κ3) is 5.44. The van der Waals surface area contributed by atoms with Crippen molar-refractivity contribution >= 4 is 65.7 Å². The lowest BCUT2D eigenvalue weighted by atomic mass is 9.94. The molecule has 0 saturated heterocycles. The first kappa shape index (κ1) is 31.6. The topological polar surface area (TPSA) is 12.5 Å². The summed E-state index contributed by atoms with van der Waals surface area (Å²) in [6.45, 7) is 4.28. The van der Waals surface area contributed by atoms with Gasteiger partial charge in [-0.3, -0.25) is 0 Å². The van der Waals surface area contributed by atoms with Crippen molar-refractivity contribution in [1.29, 1.82) is 0 Å². The fourth-order valence-corrected chi connectivity index (χ4v) is 8.00. The Morgan fingerprint density at radius 2 is 0.944 bits per heavy atom. The first-order chi connectivity index (χ1) is 26.7. The molecule has 254 valence electrons. The normalized spacial score (nSPS) is 13.7. The average molecular weight is 690 g/mol. The molecule has 2 heteroatoms. The van der Waals surface area contributed by atoms with Gasteiger partial charge in [-0.1, -0.05) is 152 Å². The van der Waals surface area contributed by atoms with Gasteiger partial charge < -0.3 is 9.64 Å². The second kappa shape index (κ2) is 13.1. The van der Waals surface area contributed by atoms with Crippen molar-refractivity contribution in [2.75, 3.05) is 4.90 Å². The molecule has 0 aliphatic carbocycles. The Kier molecular flexibility index (Phi) is 7.66. The van der Waals surface area contributed by atoms with Gasteiger partial charge in [-0.25, -0.2) is 0 Å². The molecule has 1 aliphatic heterocycles. The van der Waals surface area contributed by atoms with Crippen LogP contribution in [0.2, 0.25) is 0 Å². The number of benzene rings is 9. The van der Waals surface area contributed by atoms with E-state index in [0.717, 1.165) is 45.1 Å². The quantitative estimate of drug-likeness (QED) is 0.167. The van der Waals surface area contributed by atoms with Crippen LogP contribution < -0.4 is 9.64 Å². The number of rotatable bonds is 5. The summed E-state index contributed by atoms with van der Waals surface area (Å²) in [6.07, 6.45) is 7.60. The summed E-state index contributed by atoms with van der Waals surface area (Å²) in [4.78, 5) is 2.36. The van der Waals surface area contributed by atoms with E-state index in [1.165, 1.54) is 54.2 Å². The van der Waals surface area contributed by atoms with Crippen LogP contribution >= 0.6 is 0 Å². The maximum atomic E-state index is 6.18. The van der Waals surface area contributed by atoms with Gasteiger partial charge in [-0.15, -0.1) is 0 Å². The maximum absolute atomic E-state index is 6.18. The van der Waals surface area contributed by atoms with Gasteiger partial charge >= 0.3 is 0 Å². The monoisotopic (exact) mass is 689 g/mol. The molecule has 0 spiro atoms. The Labute approximate surface area is 314 Å². The lowest BCUT2D eigenvalue weighted by Crippen LogP contribution is -2.10. The summed E-state index contributed by atoms with van der Waals surface area (Å²) in [5.41, 5.74) is 9.63. The molecule has 0 N–H and O–H groups in total. The minimum Gasteiger partial charge on any atom is -0.464 e. The summed E-state index contributed by atoms with van der Waals surface area (Å²) in [7, 11) is 0. The fourth-order valence-electron chi connectivity index (χ4n) is 8.00. The third-order valence-electron chi connectivity index (χ3n) is 10.7. The van der Waals surface area contributed by atoms with Crippen LogP contribution in [0.4, 0.5) is 17.1 Å². The molecule has 2 nitrogen and oxygen atoms in total. The van der Waals surface area contributed by atoms with Crippen LogP contribution in [0.25, 0.3) is 70.9 Å². The van der Waals surface area contributed by atoms with E-state index in [9.17, 15) is 0 Å². The first-order valence-corrected chi connectivity index (χ1v) is 18.3. The minimum atomic E-state index is 0.811. The van der Waals surface area contributed by atoms with Crippen molar-refractivity contribution in [1.82, 2.24) is 0 Å². The Morgan fingerprint density at radius 3 is 1.65 bits per heavy atom. The number of hydrogen-bond donors (Lipinski definition) is 0. The van der Waals surface area contributed by atoms with Crippen LogP contribution in [0.15, 0.2) is 207 Å². The highest BCUT2D eigenvalue weighted by Crippen LogP contribution is 2.43. The van der Waals surface area contributed by atoms with Crippen LogP contribution in [0.1, 0.15) is 5.56 Å². The van der Waals surface area contributed by atoms with E-state index >= 15 is 0 Å². The van der Waals surface area contributed by atoms with E-state index in [1.807, 2.05) is 18.2 Å².